The highest BCUT2D eigenvalue weighted by molar-refractivity contribution is 5.81. The lowest BCUT2D eigenvalue weighted by Crippen LogP contribution is -2.35. The summed E-state index contributed by atoms with van der Waals surface area (Å²) in [4.78, 5) is 11.7. The predicted octanol–water partition coefficient (Wildman–Crippen LogP) is 3.78. The first-order valence-electron chi connectivity index (χ1n) is 10.6. The van der Waals surface area contributed by atoms with Crippen molar-refractivity contribution in [1.82, 2.24) is 19.3 Å². The number of fused-ring (bicyclic) bond motifs is 1. The number of rotatable bonds is 5. The summed E-state index contributed by atoms with van der Waals surface area (Å²) in [6.45, 7) is 4.42. The molecule has 1 fully saturated rings. The smallest absolute Gasteiger partial charge is 0.258 e. The van der Waals surface area contributed by atoms with E-state index in [-0.39, 0.29) is 0 Å². The van der Waals surface area contributed by atoms with Gasteiger partial charge in [0.1, 0.15) is 0 Å². The molecule has 0 amide bonds. The Morgan fingerprint density at radius 1 is 1.03 bits per heavy atom. The molecule has 2 aromatic carbocycles. The molecule has 1 saturated heterocycles. The lowest BCUT2D eigenvalue weighted by Gasteiger charge is -2.26. The molecule has 0 atom stereocenters. The molecule has 7 heteroatoms. The molecule has 0 unspecified atom stereocenters. The van der Waals surface area contributed by atoms with E-state index in [1.807, 2.05) is 22.7 Å². The maximum Gasteiger partial charge on any atom is 0.258 e. The van der Waals surface area contributed by atoms with E-state index >= 15 is 0 Å². The third kappa shape index (κ3) is 3.82. The molecule has 1 aliphatic rings. The van der Waals surface area contributed by atoms with Crippen molar-refractivity contribution in [3.05, 3.63) is 72.1 Å². The van der Waals surface area contributed by atoms with Crippen LogP contribution in [-0.2, 0) is 11.3 Å². The maximum atomic E-state index is 9.16. The highest BCUT2D eigenvalue weighted by atomic mass is 16.5. The second-order valence-electron chi connectivity index (χ2n) is 7.71. The molecule has 32 heavy (non-hydrogen) atoms. The Balaban J connectivity index is 1.59. The number of ether oxygens (including phenoxy) is 2. The van der Waals surface area contributed by atoms with E-state index in [1.165, 1.54) is 5.56 Å². The number of imidazole rings is 1. The maximum absolute atomic E-state index is 9.16. The molecule has 160 valence electrons. The first-order valence-corrected chi connectivity index (χ1v) is 10.6. The number of morpholine rings is 1. The Labute approximate surface area is 186 Å². The molecule has 0 N–H and O–H groups in total. The average molecular weight is 425 g/mol. The zero-order valence-electron chi connectivity index (χ0n) is 17.9. The molecular formula is C25H23N5O2. The number of aromatic nitrogens is 3. The van der Waals surface area contributed by atoms with Crippen molar-refractivity contribution < 1.29 is 9.47 Å². The van der Waals surface area contributed by atoms with Crippen LogP contribution in [0.1, 0.15) is 11.1 Å². The molecule has 3 heterocycles. The fourth-order valence-corrected chi connectivity index (χ4v) is 4.06. The molecule has 4 aromatic rings. The zero-order valence-corrected chi connectivity index (χ0v) is 17.9. The van der Waals surface area contributed by atoms with E-state index < -0.39 is 0 Å². The molecule has 0 radical (unpaired) electrons. The molecule has 1 aliphatic heterocycles. The SMILES string of the molecule is COc1nc(-c2ccc(C#N)cc2)c(-c2ccc(CN3CCOCC3)cc2)n2ccnc12. The molecule has 0 spiro atoms. The van der Waals surface area contributed by atoms with E-state index in [0.29, 0.717) is 17.1 Å². The second kappa shape index (κ2) is 8.79. The van der Waals surface area contributed by atoms with Crippen molar-refractivity contribution in [3.63, 3.8) is 0 Å². The zero-order chi connectivity index (χ0) is 21.9. The summed E-state index contributed by atoms with van der Waals surface area (Å²) in [7, 11) is 1.60. The van der Waals surface area contributed by atoms with Crippen LogP contribution in [0.2, 0.25) is 0 Å². The standard InChI is InChI=1S/C25H23N5O2/c1-31-25-24-27-10-11-30(24)23(22(28-25)20-6-2-18(16-26)3-7-20)21-8-4-19(5-9-21)17-29-12-14-32-15-13-29/h2-11H,12-15,17H2,1H3. The quantitative estimate of drug-likeness (QED) is 0.484. The fourth-order valence-electron chi connectivity index (χ4n) is 4.06. The highest BCUT2D eigenvalue weighted by Crippen LogP contribution is 2.34. The third-order valence-corrected chi connectivity index (χ3v) is 5.73. The Morgan fingerprint density at radius 3 is 2.44 bits per heavy atom. The van der Waals surface area contributed by atoms with Gasteiger partial charge in [0, 0.05) is 43.2 Å². The lowest BCUT2D eigenvalue weighted by molar-refractivity contribution is 0.0342. The van der Waals surface area contributed by atoms with Gasteiger partial charge in [-0.05, 0) is 17.7 Å². The van der Waals surface area contributed by atoms with Crippen LogP contribution in [-0.4, -0.2) is 52.7 Å². The van der Waals surface area contributed by atoms with E-state index in [1.54, 1.807) is 25.4 Å². The van der Waals surface area contributed by atoms with Gasteiger partial charge in [0.2, 0.25) is 5.65 Å². The van der Waals surface area contributed by atoms with Gasteiger partial charge >= 0.3 is 0 Å². The Bertz CT molecular complexity index is 1270. The summed E-state index contributed by atoms with van der Waals surface area (Å²) in [5.41, 5.74) is 6.19. The van der Waals surface area contributed by atoms with Crippen LogP contribution in [0.4, 0.5) is 0 Å². The molecule has 2 aromatic heterocycles. The number of benzene rings is 2. The van der Waals surface area contributed by atoms with Crippen molar-refractivity contribution in [2.75, 3.05) is 33.4 Å². The summed E-state index contributed by atoms with van der Waals surface area (Å²) in [6, 6.07) is 18.2. The molecule has 0 aliphatic carbocycles. The van der Waals surface area contributed by atoms with E-state index in [0.717, 1.165) is 55.4 Å². The van der Waals surface area contributed by atoms with Crippen LogP contribution in [0, 0.1) is 11.3 Å². The van der Waals surface area contributed by atoms with Crippen LogP contribution in [0.15, 0.2) is 60.9 Å². The van der Waals surface area contributed by atoms with Crippen molar-refractivity contribution >= 4 is 5.65 Å². The summed E-state index contributed by atoms with van der Waals surface area (Å²) >= 11 is 0. The average Bonchev–Trinajstić information content (AvgIpc) is 3.34. The summed E-state index contributed by atoms with van der Waals surface area (Å²) < 4.78 is 13.0. The number of hydrogen-bond acceptors (Lipinski definition) is 6. The normalized spacial score (nSPS) is 14.4. The number of nitriles is 1. The van der Waals surface area contributed by atoms with Crippen LogP contribution in [0.5, 0.6) is 5.88 Å². The molecule has 0 bridgehead atoms. The Hall–Kier alpha value is -3.73. The van der Waals surface area contributed by atoms with Gasteiger partial charge in [0.05, 0.1) is 43.3 Å². The monoisotopic (exact) mass is 425 g/mol. The van der Waals surface area contributed by atoms with Crippen LogP contribution in [0.3, 0.4) is 0 Å². The van der Waals surface area contributed by atoms with Crippen LogP contribution < -0.4 is 4.74 Å². The van der Waals surface area contributed by atoms with Gasteiger partial charge in [-0.25, -0.2) is 9.97 Å². The first kappa shape index (κ1) is 20.2. The summed E-state index contributed by atoms with van der Waals surface area (Å²) in [5.74, 6) is 0.460. The largest absolute Gasteiger partial charge is 0.478 e. The van der Waals surface area contributed by atoms with Crippen LogP contribution in [0.25, 0.3) is 28.2 Å². The Morgan fingerprint density at radius 2 is 1.75 bits per heavy atom. The topological polar surface area (TPSA) is 75.7 Å². The minimum atomic E-state index is 0.460. The second-order valence-corrected chi connectivity index (χ2v) is 7.71. The van der Waals surface area contributed by atoms with Gasteiger partial charge in [-0.3, -0.25) is 9.30 Å². The fraction of sp³-hybridized carbons (Fsp3) is 0.240. The van der Waals surface area contributed by atoms with E-state index in [9.17, 15) is 0 Å². The van der Waals surface area contributed by atoms with E-state index in [4.69, 9.17) is 19.7 Å². The van der Waals surface area contributed by atoms with Gasteiger partial charge in [-0.1, -0.05) is 36.4 Å². The van der Waals surface area contributed by atoms with Gasteiger partial charge in [0.15, 0.2) is 0 Å². The van der Waals surface area contributed by atoms with Crippen molar-refractivity contribution in [1.29, 1.82) is 5.26 Å². The molecule has 0 saturated carbocycles. The van der Waals surface area contributed by atoms with Gasteiger partial charge in [-0.2, -0.15) is 5.26 Å². The summed E-state index contributed by atoms with van der Waals surface area (Å²) in [5, 5.41) is 9.16. The number of hydrogen-bond donors (Lipinski definition) is 0. The van der Waals surface area contributed by atoms with Crippen molar-refractivity contribution in [2.24, 2.45) is 0 Å². The van der Waals surface area contributed by atoms with Gasteiger partial charge in [-0.15, -0.1) is 0 Å². The first-order chi connectivity index (χ1) is 15.8. The van der Waals surface area contributed by atoms with Crippen molar-refractivity contribution in [2.45, 2.75) is 6.54 Å². The number of nitrogens with zero attached hydrogens (tertiary/aromatic N) is 5. The highest BCUT2D eigenvalue weighted by Gasteiger charge is 2.19. The summed E-state index contributed by atoms with van der Waals surface area (Å²) in [6.07, 6.45) is 3.67. The molecular weight excluding hydrogens is 402 g/mol. The predicted molar refractivity (Wildman–Crippen MR) is 121 cm³/mol. The van der Waals surface area contributed by atoms with Gasteiger partial charge < -0.3 is 9.47 Å². The molecule has 7 nitrogen and oxygen atoms in total. The lowest BCUT2D eigenvalue weighted by atomic mass is 10.0. The third-order valence-electron chi connectivity index (χ3n) is 5.73. The van der Waals surface area contributed by atoms with Crippen LogP contribution >= 0.6 is 0 Å². The minimum Gasteiger partial charge on any atom is -0.478 e. The minimum absolute atomic E-state index is 0.460. The molecule has 5 rings (SSSR count). The van der Waals surface area contributed by atoms with E-state index in [2.05, 4.69) is 40.2 Å². The van der Waals surface area contributed by atoms with Crippen molar-refractivity contribution in [3.8, 4) is 34.5 Å². The number of methoxy groups -OCH3 is 1. The Kier molecular flexibility index (Phi) is 5.55. The van der Waals surface area contributed by atoms with Gasteiger partial charge in [0.25, 0.3) is 5.88 Å².